The maximum Gasteiger partial charge on any atom is 0.308 e. The molecule has 15 heteroatoms. The third-order valence-electron chi connectivity index (χ3n) is 10.9. The SMILES string of the molecule is CC[C@H]1OC(=O)C[C@H](O)C(C)[C@@H](O[C@@H]2O[C@H](C)[C@@H](O)[C@H](N(C)C)[C@H]2O)C(CO)C[C@@H](C)C(=O)/C=C/C(C)=C/[C@@H]1CO[C@@H]1O[C@H](C)[C@@H](O)[C@@H](OC)[C@H]1OC. The highest BCUT2D eigenvalue weighted by atomic mass is 16.7. The summed E-state index contributed by atoms with van der Waals surface area (Å²) in [7, 11) is 6.37. The van der Waals surface area contributed by atoms with E-state index >= 15 is 0 Å². The van der Waals surface area contributed by atoms with Gasteiger partial charge in [-0.2, -0.15) is 0 Å². The number of methoxy groups -OCH3 is 2. The molecule has 0 amide bonds. The Morgan fingerprint density at radius 3 is 2.08 bits per heavy atom. The van der Waals surface area contributed by atoms with Gasteiger partial charge in [0, 0.05) is 44.5 Å². The van der Waals surface area contributed by atoms with Gasteiger partial charge in [-0.1, -0.05) is 38.5 Å². The quantitative estimate of drug-likeness (QED) is 0.197. The first-order valence-electron chi connectivity index (χ1n) is 18.7. The normalized spacial score (nSPS) is 44.3. The molecule has 0 aromatic carbocycles. The predicted octanol–water partition coefficient (Wildman–Crippen LogP) is 0.966. The Hall–Kier alpha value is -1.86. The number of aliphatic hydroxyl groups excluding tert-OH is 5. The summed E-state index contributed by atoms with van der Waals surface area (Å²) >= 11 is 0. The number of allylic oxidation sites excluding steroid dienone is 3. The third-order valence-corrected chi connectivity index (χ3v) is 10.9. The van der Waals surface area contributed by atoms with Gasteiger partial charge >= 0.3 is 5.97 Å². The van der Waals surface area contributed by atoms with Crippen LogP contribution in [-0.4, -0.2) is 163 Å². The number of ketones is 1. The molecule has 3 aliphatic heterocycles. The zero-order chi connectivity index (χ0) is 39.7. The van der Waals surface area contributed by atoms with Crippen molar-refractivity contribution in [3.8, 4) is 0 Å². The number of cyclic esters (lactones) is 1. The van der Waals surface area contributed by atoms with E-state index in [2.05, 4.69) is 0 Å². The van der Waals surface area contributed by atoms with Gasteiger partial charge in [0.2, 0.25) is 0 Å². The highest BCUT2D eigenvalue weighted by Crippen LogP contribution is 2.33. The molecule has 0 bridgehead atoms. The van der Waals surface area contributed by atoms with E-state index in [0.717, 1.165) is 0 Å². The summed E-state index contributed by atoms with van der Waals surface area (Å²) in [6.07, 6.45) is -6.05. The van der Waals surface area contributed by atoms with E-state index in [9.17, 15) is 35.1 Å². The monoisotopic (exact) mass is 759 g/mol. The molecule has 3 heterocycles. The fourth-order valence-corrected chi connectivity index (χ4v) is 7.58. The van der Waals surface area contributed by atoms with Crippen LogP contribution in [0, 0.1) is 23.7 Å². The van der Waals surface area contributed by atoms with Crippen molar-refractivity contribution in [2.24, 2.45) is 23.7 Å². The Balaban J connectivity index is 1.93. The number of nitrogens with zero attached hydrogens (tertiary/aromatic N) is 1. The van der Waals surface area contributed by atoms with Crippen LogP contribution in [0.5, 0.6) is 0 Å². The molecule has 3 aliphatic rings. The number of carbonyl (C=O) groups excluding carboxylic acids is 2. The van der Waals surface area contributed by atoms with Crippen molar-refractivity contribution < 1.29 is 68.3 Å². The van der Waals surface area contributed by atoms with Crippen molar-refractivity contribution in [3.05, 3.63) is 23.8 Å². The van der Waals surface area contributed by atoms with Crippen LogP contribution in [0.3, 0.4) is 0 Å². The van der Waals surface area contributed by atoms with Gasteiger partial charge in [0.15, 0.2) is 18.4 Å². The molecule has 5 N–H and O–H groups in total. The maximum atomic E-state index is 13.5. The maximum absolute atomic E-state index is 13.5. The second-order valence-corrected chi connectivity index (χ2v) is 15.1. The van der Waals surface area contributed by atoms with E-state index in [-0.39, 0.29) is 18.8 Å². The lowest BCUT2D eigenvalue weighted by Gasteiger charge is -2.46. The Morgan fingerprint density at radius 1 is 0.868 bits per heavy atom. The first-order valence-corrected chi connectivity index (χ1v) is 18.7. The van der Waals surface area contributed by atoms with Gasteiger partial charge in [-0.15, -0.1) is 0 Å². The van der Waals surface area contributed by atoms with Crippen molar-refractivity contribution in [1.82, 2.24) is 4.90 Å². The predicted molar refractivity (Wildman–Crippen MR) is 192 cm³/mol. The van der Waals surface area contributed by atoms with E-state index in [0.29, 0.717) is 12.0 Å². The van der Waals surface area contributed by atoms with Gasteiger partial charge in [-0.3, -0.25) is 9.59 Å². The van der Waals surface area contributed by atoms with Gasteiger partial charge in [-0.05, 0) is 53.8 Å². The average Bonchev–Trinajstić information content (AvgIpc) is 3.11. The molecule has 0 saturated carbocycles. The Morgan fingerprint density at radius 2 is 1.49 bits per heavy atom. The van der Waals surface area contributed by atoms with Crippen LogP contribution in [0.2, 0.25) is 0 Å². The van der Waals surface area contributed by atoms with E-state index in [1.165, 1.54) is 20.3 Å². The standard InChI is InChI=1S/C38H65NO14/c1-11-28-25(18-49-38-36(48-10)35(47-9)32(45)23(6)51-38)14-19(2)12-13-26(41)20(3)15-24(17-40)34(21(4)27(42)16-29(43)52-28)53-37-33(46)30(39(7)8)31(44)22(5)50-37/h12-14,20-25,27-28,30-38,40,42,44-46H,11,15-18H2,1-10H3/b13-12+,19-14+/t20-,21?,22-,23-,24?,25-,27+,28-,30+,31-,32-,33-,34-,35-,36-,37+,38-/m1/s1. The van der Waals surface area contributed by atoms with Gasteiger partial charge in [0.05, 0.1) is 49.6 Å². The van der Waals surface area contributed by atoms with Gasteiger partial charge in [0.25, 0.3) is 0 Å². The zero-order valence-corrected chi connectivity index (χ0v) is 32.9. The molecule has 0 spiro atoms. The highest BCUT2D eigenvalue weighted by Gasteiger charge is 2.48. The van der Waals surface area contributed by atoms with Crippen LogP contribution in [0.15, 0.2) is 23.8 Å². The molecular weight excluding hydrogens is 694 g/mol. The molecule has 2 saturated heterocycles. The molecule has 306 valence electrons. The van der Waals surface area contributed by atoms with Crippen molar-refractivity contribution >= 4 is 11.8 Å². The number of esters is 1. The largest absolute Gasteiger partial charge is 0.462 e. The molecule has 2 fully saturated rings. The number of aliphatic hydroxyl groups is 5. The van der Waals surface area contributed by atoms with Crippen LogP contribution < -0.4 is 0 Å². The molecule has 0 aromatic rings. The topological polar surface area (TPSA) is 203 Å². The number of carbonyl (C=O) groups is 2. The minimum Gasteiger partial charge on any atom is -0.462 e. The fraction of sp³-hybridized carbons (Fsp3) is 0.842. The van der Waals surface area contributed by atoms with E-state index in [1.807, 2.05) is 19.9 Å². The molecular formula is C38H65NO14. The van der Waals surface area contributed by atoms with Crippen molar-refractivity contribution in [2.45, 2.75) is 140 Å². The second-order valence-electron chi connectivity index (χ2n) is 15.1. The molecule has 2 unspecified atom stereocenters. The number of hydrogen-bond acceptors (Lipinski definition) is 15. The van der Waals surface area contributed by atoms with E-state index < -0.39 is 122 Å². The molecule has 17 atom stereocenters. The minimum absolute atomic E-state index is 0.0168. The summed E-state index contributed by atoms with van der Waals surface area (Å²) in [5, 5.41) is 54.7. The summed E-state index contributed by atoms with van der Waals surface area (Å²) < 4.78 is 41.5. The number of hydrogen-bond donors (Lipinski definition) is 5. The average molecular weight is 760 g/mol. The Kier molecular flexibility index (Phi) is 17.9. The van der Waals surface area contributed by atoms with E-state index in [4.69, 9.17) is 33.2 Å². The summed E-state index contributed by atoms with van der Waals surface area (Å²) in [6.45, 7) is 10.0. The lowest BCUT2D eigenvalue weighted by atomic mass is 9.81. The molecule has 0 aliphatic carbocycles. The second kappa shape index (κ2) is 20.9. The number of likely N-dealkylation sites (N-methyl/N-ethyl adjacent to an activating group) is 1. The smallest absolute Gasteiger partial charge is 0.308 e. The first kappa shape index (κ1) is 45.5. The fourth-order valence-electron chi connectivity index (χ4n) is 7.58. The Labute approximate surface area is 314 Å². The summed E-state index contributed by atoms with van der Waals surface area (Å²) in [6, 6.07) is -0.732. The molecule has 15 nitrogen and oxygen atoms in total. The summed E-state index contributed by atoms with van der Waals surface area (Å²) in [4.78, 5) is 28.6. The van der Waals surface area contributed by atoms with Gasteiger partial charge in [0.1, 0.15) is 30.5 Å². The van der Waals surface area contributed by atoms with Crippen LogP contribution in [0.4, 0.5) is 0 Å². The summed E-state index contributed by atoms with van der Waals surface area (Å²) in [5.74, 6) is -3.46. The number of ether oxygens (including phenoxy) is 7. The first-order chi connectivity index (χ1) is 25.0. The lowest BCUT2D eigenvalue weighted by molar-refractivity contribution is -0.305. The molecule has 3 rings (SSSR count). The lowest BCUT2D eigenvalue weighted by Crippen LogP contribution is -2.63. The van der Waals surface area contributed by atoms with E-state index in [1.54, 1.807) is 52.8 Å². The molecule has 53 heavy (non-hydrogen) atoms. The van der Waals surface area contributed by atoms with Crippen molar-refractivity contribution in [1.29, 1.82) is 0 Å². The van der Waals surface area contributed by atoms with Crippen LogP contribution >= 0.6 is 0 Å². The summed E-state index contributed by atoms with van der Waals surface area (Å²) in [5.41, 5.74) is 0.705. The Bertz CT molecular complexity index is 1220. The van der Waals surface area contributed by atoms with Crippen LogP contribution in [0.25, 0.3) is 0 Å². The molecule has 0 radical (unpaired) electrons. The number of rotatable bonds is 10. The van der Waals surface area contributed by atoms with Crippen LogP contribution in [0.1, 0.15) is 60.8 Å². The van der Waals surface area contributed by atoms with Gasteiger partial charge in [-0.25, -0.2) is 0 Å². The highest BCUT2D eigenvalue weighted by molar-refractivity contribution is 5.91. The zero-order valence-electron chi connectivity index (χ0n) is 32.9. The minimum atomic E-state index is -1.31. The van der Waals surface area contributed by atoms with Crippen LogP contribution in [-0.2, 0) is 42.7 Å². The molecule has 0 aromatic heterocycles. The van der Waals surface area contributed by atoms with Crippen molar-refractivity contribution in [2.75, 3.05) is 41.5 Å². The van der Waals surface area contributed by atoms with Crippen molar-refractivity contribution in [3.63, 3.8) is 0 Å². The van der Waals surface area contributed by atoms with Gasteiger partial charge < -0.3 is 63.6 Å². The third kappa shape index (κ3) is 11.6.